The molecule has 4 rings (SSSR count). The minimum absolute atomic E-state index is 0.0111. The number of fused-ring (bicyclic) bond motifs is 1. The van der Waals surface area contributed by atoms with E-state index < -0.39 is 5.63 Å². The van der Waals surface area contributed by atoms with Crippen molar-refractivity contribution in [1.82, 2.24) is 4.98 Å². The van der Waals surface area contributed by atoms with Gasteiger partial charge in [0.25, 0.3) is 0 Å². The molecule has 0 aliphatic rings. The van der Waals surface area contributed by atoms with Crippen molar-refractivity contribution in [3.63, 3.8) is 0 Å². The highest BCUT2D eigenvalue weighted by atomic mass is 16.4. The van der Waals surface area contributed by atoms with E-state index in [9.17, 15) is 9.90 Å². The van der Waals surface area contributed by atoms with Crippen molar-refractivity contribution in [3.05, 3.63) is 106 Å². The van der Waals surface area contributed by atoms with Gasteiger partial charge in [-0.15, -0.1) is 0 Å². The Kier molecular flexibility index (Phi) is 3.78. The van der Waals surface area contributed by atoms with Crippen LogP contribution in [0.2, 0.25) is 0 Å². The van der Waals surface area contributed by atoms with E-state index in [0.717, 1.165) is 11.1 Å². The van der Waals surface area contributed by atoms with Crippen LogP contribution in [0, 0.1) is 0 Å². The standard InChI is InChI=1S/C21H15NO3/c23-16-11-12-18-17(13-16)21(24)25-20(22-18)19(14-7-3-1-4-8-14)15-9-5-2-6-10-15/h1-13,19,23H. The van der Waals surface area contributed by atoms with Crippen molar-refractivity contribution in [2.24, 2.45) is 0 Å². The maximum atomic E-state index is 12.4. The van der Waals surface area contributed by atoms with Crippen LogP contribution in [-0.2, 0) is 0 Å². The number of hydrogen-bond donors (Lipinski definition) is 1. The summed E-state index contributed by atoms with van der Waals surface area (Å²) in [6, 6.07) is 24.1. The van der Waals surface area contributed by atoms with Crippen molar-refractivity contribution in [3.8, 4) is 5.75 Å². The lowest BCUT2D eigenvalue weighted by atomic mass is 9.91. The molecule has 1 heterocycles. The van der Waals surface area contributed by atoms with Crippen molar-refractivity contribution in [1.29, 1.82) is 0 Å². The van der Waals surface area contributed by atoms with E-state index in [0.29, 0.717) is 11.4 Å². The van der Waals surface area contributed by atoms with E-state index in [1.807, 2.05) is 60.7 Å². The second-order valence-corrected chi connectivity index (χ2v) is 5.80. The summed E-state index contributed by atoms with van der Waals surface area (Å²) in [6.07, 6.45) is 0. The summed E-state index contributed by atoms with van der Waals surface area (Å²) in [6.45, 7) is 0. The molecule has 25 heavy (non-hydrogen) atoms. The fourth-order valence-electron chi connectivity index (χ4n) is 2.97. The second kappa shape index (κ2) is 6.24. The first kappa shape index (κ1) is 15.1. The number of phenols is 1. The summed E-state index contributed by atoms with van der Waals surface area (Å²) < 4.78 is 5.54. The number of aromatic hydroxyl groups is 1. The zero-order chi connectivity index (χ0) is 17.2. The predicted octanol–water partition coefficient (Wildman–Crippen LogP) is 4.07. The maximum Gasteiger partial charge on any atom is 0.346 e. The SMILES string of the molecule is O=c1oc(C(c2ccccc2)c2ccccc2)nc2ccc(O)cc12. The van der Waals surface area contributed by atoms with Gasteiger partial charge in [-0.1, -0.05) is 60.7 Å². The van der Waals surface area contributed by atoms with Gasteiger partial charge in [-0.05, 0) is 29.3 Å². The fraction of sp³-hybridized carbons (Fsp3) is 0.0476. The van der Waals surface area contributed by atoms with E-state index in [4.69, 9.17) is 4.42 Å². The summed E-state index contributed by atoms with van der Waals surface area (Å²) >= 11 is 0. The highest BCUT2D eigenvalue weighted by molar-refractivity contribution is 5.78. The van der Waals surface area contributed by atoms with Crippen molar-refractivity contribution >= 4 is 10.9 Å². The zero-order valence-corrected chi connectivity index (χ0v) is 13.3. The van der Waals surface area contributed by atoms with Crippen LogP contribution in [0.3, 0.4) is 0 Å². The Balaban J connectivity index is 1.95. The van der Waals surface area contributed by atoms with E-state index in [1.54, 1.807) is 6.07 Å². The number of aromatic nitrogens is 1. The average molecular weight is 329 g/mol. The third-order valence-corrected chi connectivity index (χ3v) is 4.14. The Hall–Kier alpha value is -3.40. The monoisotopic (exact) mass is 329 g/mol. The van der Waals surface area contributed by atoms with Gasteiger partial charge in [0.1, 0.15) is 5.75 Å². The number of rotatable bonds is 3. The van der Waals surface area contributed by atoms with Crippen LogP contribution in [0.5, 0.6) is 5.75 Å². The number of hydrogen-bond acceptors (Lipinski definition) is 4. The van der Waals surface area contributed by atoms with Gasteiger partial charge in [-0.2, -0.15) is 0 Å². The molecule has 0 saturated heterocycles. The quantitative estimate of drug-likeness (QED) is 0.615. The molecule has 3 aromatic carbocycles. The van der Waals surface area contributed by atoms with Crippen LogP contribution in [0.15, 0.2) is 88.1 Å². The molecule has 0 saturated carbocycles. The predicted molar refractivity (Wildman–Crippen MR) is 95.8 cm³/mol. The molecule has 4 heteroatoms. The molecule has 0 amide bonds. The molecule has 0 bridgehead atoms. The van der Waals surface area contributed by atoms with Gasteiger partial charge >= 0.3 is 5.63 Å². The highest BCUT2D eigenvalue weighted by Crippen LogP contribution is 2.31. The maximum absolute atomic E-state index is 12.4. The van der Waals surface area contributed by atoms with Crippen LogP contribution >= 0.6 is 0 Å². The molecule has 1 aromatic heterocycles. The normalized spacial score (nSPS) is 11.1. The number of benzene rings is 3. The molecular formula is C21H15NO3. The molecule has 0 fully saturated rings. The molecule has 0 radical (unpaired) electrons. The second-order valence-electron chi connectivity index (χ2n) is 5.80. The topological polar surface area (TPSA) is 63.3 Å². The van der Waals surface area contributed by atoms with Crippen molar-refractivity contribution < 1.29 is 9.52 Å². The summed E-state index contributed by atoms with van der Waals surface area (Å²) in [5, 5.41) is 9.85. The molecule has 122 valence electrons. The molecule has 4 aromatic rings. The average Bonchev–Trinajstić information content (AvgIpc) is 2.64. The molecule has 0 unspecified atom stereocenters. The van der Waals surface area contributed by atoms with E-state index >= 15 is 0 Å². The summed E-state index contributed by atoms with van der Waals surface area (Å²) in [4.78, 5) is 17.0. The third kappa shape index (κ3) is 2.90. The van der Waals surface area contributed by atoms with Crippen molar-refractivity contribution in [2.75, 3.05) is 0 Å². The van der Waals surface area contributed by atoms with Gasteiger partial charge in [0.2, 0.25) is 5.89 Å². The van der Waals surface area contributed by atoms with Crippen LogP contribution < -0.4 is 5.63 Å². The summed E-state index contributed by atoms with van der Waals surface area (Å²) in [5.74, 6) is 0.0610. The molecule has 0 spiro atoms. The Morgan fingerprint density at radius 1 is 0.840 bits per heavy atom. The zero-order valence-electron chi connectivity index (χ0n) is 13.3. The molecule has 4 nitrogen and oxygen atoms in total. The fourth-order valence-corrected chi connectivity index (χ4v) is 2.97. The summed E-state index contributed by atoms with van der Waals surface area (Å²) in [5.41, 5.74) is 1.97. The lowest BCUT2D eigenvalue weighted by molar-refractivity contribution is 0.437. The van der Waals surface area contributed by atoms with Crippen molar-refractivity contribution in [2.45, 2.75) is 5.92 Å². The smallest absolute Gasteiger partial charge is 0.346 e. The lowest BCUT2D eigenvalue weighted by Gasteiger charge is -2.16. The van der Waals surface area contributed by atoms with Gasteiger partial charge < -0.3 is 9.52 Å². The van der Waals surface area contributed by atoms with Crippen LogP contribution in [0.1, 0.15) is 22.9 Å². The Bertz CT molecular complexity index is 1030. The Morgan fingerprint density at radius 3 is 2.04 bits per heavy atom. The minimum atomic E-state index is -0.507. The highest BCUT2D eigenvalue weighted by Gasteiger charge is 2.22. The largest absolute Gasteiger partial charge is 0.508 e. The minimum Gasteiger partial charge on any atom is -0.508 e. The van der Waals surface area contributed by atoms with Gasteiger partial charge in [0.15, 0.2) is 0 Å². The van der Waals surface area contributed by atoms with E-state index in [2.05, 4.69) is 4.98 Å². The van der Waals surface area contributed by atoms with Crippen LogP contribution in [-0.4, -0.2) is 10.1 Å². The van der Waals surface area contributed by atoms with Crippen LogP contribution in [0.4, 0.5) is 0 Å². The molecular weight excluding hydrogens is 314 g/mol. The Morgan fingerprint density at radius 2 is 1.44 bits per heavy atom. The van der Waals surface area contributed by atoms with E-state index in [1.165, 1.54) is 12.1 Å². The molecule has 0 atom stereocenters. The lowest BCUT2D eigenvalue weighted by Crippen LogP contribution is -2.11. The summed E-state index contributed by atoms with van der Waals surface area (Å²) in [7, 11) is 0. The van der Waals surface area contributed by atoms with Gasteiger partial charge in [0.05, 0.1) is 16.8 Å². The first-order valence-electron chi connectivity index (χ1n) is 7.96. The molecule has 0 aliphatic carbocycles. The van der Waals surface area contributed by atoms with Gasteiger partial charge in [0, 0.05) is 0 Å². The molecule has 0 aliphatic heterocycles. The number of phenolic OH excluding ortho intramolecular Hbond substituents is 1. The van der Waals surface area contributed by atoms with Gasteiger partial charge in [-0.3, -0.25) is 0 Å². The first-order chi connectivity index (χ1) is 12.2. The van der Waals surface area contributed by atoms with E-state index in [-0.39, 0.29) is 17.1 Å². The number of nitrogens with zero attached hydrogens (tertiary/aromatic N) is 1. The first-order valence-corrected chi connectivity index (χ1v) is 7.96. The van der Waals surface area contributed by atoms with Crippen LogP contribution in [0.25, 0.3) is 10.9 Å². The third-order valence-electron chi connectivity index (χ3n) is 4.14. The van der Waals surface area contributed by atoms with Gasteiger partial charge in [-0.25, -0.2) is 9.78 Å². The molecule has 1 N–H and O–H groups in total. The Labute approximate surface area is 144 Å².